The van der Waals surface area contributed by atoms with E-state index in [9.17, 15) is 10.1 Å². The Labute approximate surface area is 98.6 Å². The van der Waals surface area contributed by atoms with Gasteiger partial charge < -0.3 is 0 Å². The predicted molar refractivity (Wildman–Crippen MR) is 64.1 cm³/mol. The van der Waals surface area contributed by atoms with Crippen LogP contribution in [0.25, 0.3) is 11.1 Å². The molecule has 0 saturated heterocycles. The van der Waals surface area contributed by atoms with Gasteiger partial charge in [0, 0.05) is 10.5 Å². The molecule has 15 heavy (non-hydrogen) atoms. The minimum absolute atomic E-state index is 0.136. The van der Waals surface area contributed by atoms with Gasteiger partial charge in [0.25, 0.3) is 5.69 Å². The number of hydrogen-bond donors (Lipinski definition) is 0. The van der Waals surface area contributed by atoms with Crippen LogP contribution in [0, 0.1) is 10.1 Å². The van der Waals surface area contributed by atoms with Crippen molar-refractivity contribution >= 4 is 33.0 Å². The van der Waals surface area contributed by atoms with Crippen LogP contribution in [0.3, 0.4) is 0 Å². The second kappa shape index (κ2) is 4.12. The quantitative estimate of drug-likeness (QED) is 0.616. The standard InChI is InChI=1S/C10H6BrNO2S/c11-8-1-2-10(12(13)14)9(5-8)7-3-4-15-6-7/h1-6H. The van der Waals surface area contributed by atoms with Crippen molar-refractivity contribution in [3.8, 4) is 11.1 Å². The molecule has 1 heterocycles. The molecule has 0 radical (unpaired) electrons. The molecular formula is C10H6BrNO2S. The van der Waals surface area contributed by atoms with Crippen LogP contribution in [0.1, 0.15) is 0 Å². The minimum atomic E-state index is -0.362. The molecule has 0 amide bonds. The third kappa shape index (κ3) is 2.08. The maximum atomic E-state index is 10.8. The smallest absolute Gasteiger partial charge is 0.258 e. The number of benzene rings is 1. The maximum absolute atomic E-state index is 10.8. The summed E-state index contributed by atoms with van der Waals surface area (Å²) in [5.41, 5.74) is 1.67. The molecule has 0 aliphatic heterocycles. The average molecular weight is 284 g/mol. The van der Waals surface area contributed by atoms with Crippen molar-refractivity contribution in [2.24, 2.45) is 0 Å². The van der Waals surface area contributed by atoms with Gasteiger partial charge >= 0.3 is 0 Å². The highest BCUT2D eigenvalue weighted by Gasteiger charge is 2.15. The van der Waals surface area contributed by atoms with Crippen LogP contribution in [0.4, 0.5) is 5.69 Å². The molecule has 1 aromatic carbocycles. The fraction of sp³-hybridized carbons (Fsp3) is 0. The van der Waals surface area contributed by atoms with Gasteiger partial charge in [-0.2, -0.15) is 11.3 Å². The van der Waals surface area contributed by atoms with Crippen LogP contribution in [0.2, 0.25) is 0 Å². The van der Waals surface area contributed by atoms with E-state index >= 15 is 0 Å². The zero-order valence-corrected chi connectivity index (χ0v) is 9.92. The summed E-state index contributed by atoms with van der Waals surface area (Å²) >= 11 is 4.83. The second-order valence-electron chi connectivity index (χ2n) is 2.93. The largest absolute Gasteiger partial charge is 0.277 e. The molecule has 0 saturated carbocycles. The molecule has 5 heteroatoms. The molecule has 0 unspecified atom stereocenters. The zero-order valence-electron chi connectivity index (χ0n) is 7.51. The number of rotatable bonds is 2. The Morgan fingerprint density at radius 3 is 2.73 bits per heavy atom. The molecule has 2 rings (SSSR count). The third-order valence-electron chi connectivity index (χ3n) is 1.99. The van der Waals surface area contributed by atoms with Crippen LogP contribution >= 0.6 is 27.3 Å². The summed E-state index contributed by atoms with van der Waals surface area (Å²) in [6.07, 6.45) is 0. The van der Waals surface area contributed by atoms with E-state index in [4.69, 9.17) is 0 Å². The number of hydrogen-bond acceptors (Lipinski definition) is 3. The lowest BCUT2D eigenvalue weighted by atomic mass is 10.1. The number of nitrogens with zero attached hydrogens (tertiary/aromatic N) is 1. The first-order chi connectivity index (χ1) is 7.18. The van der Waals surface area contributed by atoms with Crippen molar-refractivity contribution in [2.75, 3.05) is 0 Å². The lowest BCUT2D eigenvalue weighted by Crippen LogP contribution is -1.90. The highest BCUT2D eigenvalue weighted by atomic mass is 79.9. The van der Waals surface area contributed by atoms with E-state index in [1.54, 1.807) is 12.1 Å². The van der Waals surface area contributed by atoms with E-state index < -0.39 is 0 Å². The molecule has 0 aliphatic carbocycles. The number of nitro benzene ring substituents is 1. The van der Waals surface area contributed by atoms with E-state index in [0.29, 0.717) is 5.56 Å². The highest BCUT2D eigenvalue weighted by Crippen LogP contribution is 2.33. The van der Waals surface area contributed by atoms with Gasteiger partial charge in [-0.05, 0) is 34.5 Å². The lowest BCUT2D eigenvalue weighted by molar-refractivity contribution is -0.384. The van der Waals surface area contributed by atoms with Gasteiger partial charge in [0.15, 0.2) is 0 Å². The number of nitro groups is 1. The molecule has 0 aliphatic rings. The van der Waals surface area contributed by atoms with Gasteiger partial charge in [-0.15, -0.1) is 0 Å². The summed E-state index contributed by atoms with van der Waals surface area (Å²) in [6.45, 7) is 0. The fourth-order valence-electron chi connectivity index (χ4n) is 1.32. The molecule has 0 N–H and O–H groups in total. The monoisotopic (exact) mass is 283 g/mol. The van der Waals surface area contributed by atoms with E-state index in [1.165, 1.54) is 17.4 Å². The molecule has 0 bridgehead atoms. The molecule has 0 fully saturated rings. The van der Waals surface area contributed by atoms with Gasteiger partial charge in [0.1, 0.15) is 0 Å². The number of thiophene rings is 1. The summed E-state index contributed by atoms with van der Waals surface area (Å²) < 4.78 is 0.842. The summed E-state index contributed by atoms with van der Waals surface area (Å²) in [7, 11) is 0. The fourth-order valence-corrected chi connectivity index (χ4v) is 2.33. The molecule has 0 atom stereocenters. The highest BCUT2D eigenvalue weighted by molar-refractivity contribution is 9.10. The van der Waals surface area contributed by atoms with Crippen LogP contribution in [-0.4, -0.2) is 4.92 Å². The van der Waals surface area contributed by atoms with Crippen LogP contribution < -0.4 is 0 Å². The van der Waals surface area contributed by atoms with Gasteiger partial charge in [-0.1, -0.05) is 15.9 Å². The molecule has 3 nitrogen and oxygen atoms in total. The van der Waals surface area contributed by atoms with E-state index in [0.717, 1.165) is 10.0 Å². The van der Waals surface area contributed by atoms with Gasteiger partial charge in [0.2, 0.25) is 0 Å². The van der Waals surface area contributed by atoms with Crippen molar-refractivity contribution in [1.29, 1.82) is 0 Å². The topological polar surface area (TPSA) is 43.1 Å². The Hall–Kier alpha value is -1.20. The van der Waals surface area contributed by atoms with Crippen molar-refractivity contribution in [2.45, 2.75) is 0 Å². The molecule has 0 spiro atoms. The van der Waals surface area contributed by atoms with E-state index in [2.05, 4.69) is 15.9 Å². The van der Waals surface area contributed by atoms with Crippen LogP contribution in [0.5, 0.6) is 0 Å². The maximum Gasteiger partial charge on any atom is 0.277 e. The Kier molecular flexibility index (Phi) is 2.83. The Morgan fingerprint density at radius 1 is 1.33 bits per heavy atom. The molecular weight excluding hydrogens is 278 g/mol. The predicted octanol–water partition coefficient (Wildman–Crippen LogP) is 4.09. The Bertz CT molecular complexity index is 496. The Balaban J connectivity index is 2.63. The number of halogens is 1. The zero-order chi connectivity index (χ0) is 10.8. The summed E-state index contributed by atoms with van der Waals surface area (Å²) in [6, 6.07) is 6.82. The SMILES string of the molecule is O=[N+]([O-])c1ccc(Br)cc1-c1ccsc1. The van der Waals surface area contributed by atoms with Crippen LogP contribution in [0.15, 0.2) is 39.5 Å². The first-order valence-electron chi connectivity index (χ1n) is 4.15. The third-order valence-corrected chi connectivity index (χ3v) is 3.16. The van der Waals surface area contributed by atoms with Gasteiger partial charge in [-0.25, -0.2) is 0 Å². The lowest BCUT2D eigenvalue weighted by Gasteiger charge is -2.00. The van der Waals surface area contributed by atoms with Crippen molar-refractivity contribution in [1.82, 2.24) is 0 Å². The van der Waals surface area contributed by atoms with Gasteiger partial charge in [-0.3, -0.25) is 10.1 Å². The Morgan fingerprint density at radius 2 is 2.13 bits per heavy atom. The average Bonchev–Trinajstić information content (AvgIpc) is 2.69. The van der Waals surface area contributed by atoms with Crippen molar-refractivity contribution < 1.29 is 4.92 Å². The molecule has 76 valence electrons. The normalized spacial score (nSPS) is 10.2. The van der Waals surface area contributed by atoms with Crippen molar-refractivity contribution in [3.05, 3.63) is 49.6 Å². The van der Waals surface area contributed by atoms with E-state index in [1.807, 2.05) is 16.8 Å². The second-order valence-corrected chi connectivity index (χ2v) is 4.63. The minimum Gasteiger partial charge on any atom is -0.258 e. The van der Waals surface area contributed by atoms with E-state index in [-0.39, 0.29) is 10.6 Å². The molecule has 2 aromatic rings. The summed E-state index contributed by atoms with van der Waals surface area (Å²) in [4.78, 5) is 10.5. The van der Waals surface area contributed by atoms with Gasteiger partial charge in [0.05, 0.1) is 10.5 Å². The summed E-state index contributed by atoms with van der Waals surface area (Å²) in [5.74, 6) is 0. The van der Waals surface area contributed by atoms with Crippen molar-refractivity contribution in [3.63, 3.8) is 0 Å². The first-order valence-corrected chi connectivity index (χ1v) is 5.88. The first kappa shape index (κ1) is 10.3. The molecule has 1 aromatic heterocycles. The summed E-state index contributed by atoms with van der Waals surface area (Å²) in [5, 5.41) is 14.6. The van der Waals surface area contributed by atoms with Crippen LogP contribution in [-0.2, 0) is 0 Å².